The van der Waals surface area contributed by atoms with Gasteiger partial charge in [0, 0.05) is 19.9 Å². The summed E-state index contributed by atoms with van der Waals surface area (Å²) >= 11 is 0. The first-order valence-corrected chi connectivity index (χ1v) is 7.03. The van der Waals surface area contributed by atoms with E-state index >= 15 is 0 Å². The van der Waals surface area contributed by atoms with Crippen LogP contribution in [0.4, 0.5) is 0 Å². The fourth-order valence-electron chi connectivity index (χ4n) is 1.35. The molecule has 0 amide bonds. The van der Waals surface area contributed by atoms with Crippen LogP contribution >= 0.6 is 0 Å². The number of aryl methyl sites for hydroxylation is 1. The molecule has 1 aromatic heterocycles. The Balaban J connectivity index is 3.17. The fourth-order valence-corrected chi connectivity index (χ4v) is 1.93. The Bertz CT molecular complexity index is 671. The molecular weight excluding hydrogens is 274 g/mol. The monoisotopic (exact) mass is 291 g/mol. The maximum atomic E-state index is 11.6. The van der Waals surface area contributed by atoms with Crippen LogP contribution in [-0.4, -0.2) is 30.7 Å². The lowest BCUT2D eigenvalue weighted by Gasteiger charge is -2.22. The fraction of sp³-hybridized carbons (Fsp3) is 0.600. The number of sulfonamides is 1. The van der Waals surface area contributed by atoms with Crippen molar-refractivity contribution in [1.29, 1.82) is 0 Å². The van der Waals surface area contributed by atoms with Crippen LogP contribution in [0.1, 0.15) is 20.3 Å². The second kappa shape index (κ2) is 5.27. The maximum absolute atomic E-state index is 11.6. The van der Waals surface area contributed by atoms with Crippen LogP contribution in [0.15, 0.2) is 20.7 Å². The lowest BCUT2D eigenvalue weighted by Crippen LogP contribution is -2.36. The van der Waals surface area contributed by atoms with Gasteiger partial charge in [0.25, 0.3) is 5.56 Å². The third-order valence-corrected chi connectivity index (χ3v) is 3.70. The first-order chi connectivity index (χ1) is 8.57. The molecule has 0 unspecified atom stereocenters. The quantitative estimate of drug-likeness (QED) is 0.720. The molecule has 0 aliphatic rings. The largest absolute Gasteiger partial charge is 0.379 e. The second-order valence-corrected chi connectivity index (χ2v) is 6.23. The average molecular weight is 291 g/mol. The third kappa shape index (κ3) is 4.01. The lowest BCUT2D eigenvalue weighted by atomic mass is 10.1. The molecule has 0 aliphatic heterocycles. The summed E-state index contributed by atoms with van der Waals surface area (Å²) < 4.78 is 28.7. The number of primary sulfonamides is 1. The minimum atomic E-state index is -4.17. The third-order valence-electron chi connectivity index (χ3n) is 2.79. The molecule has 0 radical (unpaired) electrons. The van der Waals surface area contributed by atoms with Crippen molar-refractivity contribution in [3.63, 3.8) is 0 Å². The maximum Gasteiger partial charge on any atom is 0.328 e. The molecule has 1 rings (SSSR count). The van der Waals surface area contributed by atoms with E-state index in [1.165, 1.54) is 7.11 Å². The molecule has 108 valence electrons. The number of aromatic amines is 1. The van der Waals surface area contributed by atoms with E-state index in [-0.39, 0.29) is 6.54 Å². The van der Waals surface area contributed by atoms with Crippen LogP contribution < -0.4 is 16.4 Å². The van der Waals surface area contributed by atoms with Crippen molar-refractivity contribution in [2.45, 2.75) is 37.3 Å². The lowest BCUT2D eigenvalue weighted by molar-refractivity contribution is 0.0117. The van der Waals surface area contributed by atoms with E-state index in [1.807, 2.05) is 18.8 Å². The highest BCUT2D eigenvalue weighted by molar-refractivity contribution is 7.89. The minimum Gasteiger partial charge on any atom is -0.379 e. The molecule has 19 heavy (non-hydrogen) atoms. The summed E-state index contributed by atoms with van der Waals surface area (Å²) in [6, 6.07) is 0. The molecule has 0 saturated carbocycles. The molecule has 0 saturated heterocycles. The van der Waals surface area contributed by atoms with Crippen molar-refractivity contribution in [1.82, 2.24) is 9.55 Å². The number of nitrogens with one attached hydrogen (secondary N) is 1. The molecule has 0 atom stereocenters. The molecule has 0 spiro atoms. The predicted molar refractivity (Wildman–Crippen MR) is 68.4 cm³/mol. The van der Waals surface area contributed by atoms with Crippen LogP contribution in [0, 0.1) is 0 Å². The van der Waals surface area contributed by atoms with Crippen LogP contribution in [0.25, 0.3) is 0 Å². The summed E-state index contributed by atoms with van der Waals surface area (Å²) in [7, 11) is -2.63. The van der Waals surface area contributed by atoms with Crippen LogP contribution in [0.5, 0.6) is 0 Å². The zero-order valence-electron chi connectivity index (χ0n) is 11.0. The summed E-state index contributed by atoms with van der Waals surface area (Å²) in [4.78, 5) is 24.2. The van der Waals surface area contributed by atoms with Gasteiger partial charge in [-0.05, 0) is 20.3 Å². The zero-order valence-corrected chi connectivity index (χ0v) is 11.8. The van der Waals surface area contributed by atoms with Gasteiger partial charge < -0.3 is 4.74 Å². The first kappa shape index (κ1) is 15.6. The number of aromatic nitrogens is 2. The zero-order chi connectivity index (χ0) is 14.8. The van der Waals surface area contributed by atoms with Gasteiger partial charge in [0.1, 0.15) is 0 Å². The second-order valence-electron chi connectivity index (χ2n) is 4.70. The van der Waals surface area contributed by atoms with E-state index in [0.717, 1.165) is 10.8 Å². The smallest absolute Gasteiger partial charge is 0.328 e. The van der Waals surface area contributed by atoms with E-state index in [0.29, 0.717) is 6.42 Å². The summed E-state index contributed by atoms with van der Waals surface area (Å²) in [5, 5.41) is 4.90. The standard InChI is InChI=1S/C10H17N3O5S/c1-10(2,18-3)4-5-13-6-7(19(11,16)17)8(14)12-9(13)15/h6H,4-5H2,1-3H3,(H2,11,16,17)(H,12,14,15). The Morgan fingerprint density at radius 1 is 1.42 bits per heavy atom. The van der Waals surface area contributed by atoms with Crippen molar-refractivity contribution in [3.8, 4) is 0 Å². The van der Waals surface area contributed by atoms with Crippen molar-refractivity contribution < 1.29 is 13.2 Å². The number of hydrogen-bond donors (Lipinski definition) is 2. The Hall–Kier alpha value is -1.45. The molecule has 1 aromatic rings. The number of hydrogen-bond acceptors (Lipinski definition) is 5. The highest BCUT2D eigenvalue weighted by atomic mass is 32.2. The van der Waals surface area contributed by atoms with E-state index in [4.69, 9.17) is 9.88 Å². The van der Waals surface area contributed by atoms with Gasteiger partial charge in [0.2, 0.25) is 10.0 Å². The molecule has 9 heteroatoms. The normalized spacial score (nSPS) is 12.6. The predicted octanol–water partition coefficient (Wildman–Crippen LogP) is -1.00. The SMILES string of the molecule is COC(C)(C)CCn1cc(S(N)(=O)=O)c(=O)[nH]c1=O. The highest BCUT2D eigenvalue weighted by Crippen LogP contribution is 2.13. The van der Waals surface area contributed by atoms with Crippen molar-refractivity contribution in [2.24, 2.45) is 5.14 Å². The number of ether oxygens (including phenoxy) is 1. The Labute approximate surface area is 110 Å². The first-order valence-electron chi connectivity index (χ1n) is 5.48. The summed E-state index contributed by atoms with van der Waals surface area (Å²) in [5.41, 5.74) is -2.18. The summed E-state index contributed by atoms with van der Waals surface area (Å²) in [6.07, 6.45) is 1.40. The average Bonchev–Trinajstić information content (AvgIpc) is 2.26. The molecule has 0 bridgehead atoms. The van der Waals surface area contributed by atoms with Crippen LogP contribution in [0.3, 0.4) is 0 Å². The summed E-state index contributed by atoms with van der Waals surface area (Å²) in [6.45, 7) is 3.84. The Kier molecular flexibility index (Phi) is 4.33. The van der Waals surface area contributed by atoms with Crippen molar-refractivity contribution in [3.05, 3.63) is 27.0 Å². The molecule has 0 aromatic carbocycles. The Morgan fingerprint density at radius 2 is 2.00 bits per heavy atom. The molecular formula is C10H17N3O5S. The van der Waals surface area contributed by atoms with E-state index in [1.54, 1.807) is 0 Å². The minimum absolute atomic E-state index is 0.193. The summed E-state index contributed by atoms with van der Waals surface area (Å²) in [5.74, 6) is 0. The number of nitrogens with two attached hydrogens (primary N) is 1. The van der Waals surface area contributed by atoms with Gasteiger partial charge in [-0.1, -0.05) is 0 Å². The van der Waals surface area contributed by atoms with E-state index in [2.05, 4.69) is 0 Å². The van der Waals surface area contributed by atoms with Crippen LogP contribution in [0.2, 0.25) is 0 Å². The van der Waals surface area contributed by atoms with Gasteiger partial charge in [0.15, 0.2) is 4.90 Å². The van der Waals surface area contributed by atoms with Gasteiger partial charge in [-0.25, -0.2) is 18.4 Å². The van der Waals surface area contributed by atoms with Gasteiger partial charge in [-0.15, -0.1) is 0 Å². The van der Waals surface area contributed by atoms with Crippen LogP contribution in [-0.2, 0) is 21.3 Å². The number of H-pyrrole nitrogens is 1. The molecule has 8 nitrogen and oxygen atoms in total. The van der Waals surface area contributed by atoms with Gasteiger partial charge in [-0.2, -0.15) is 0 Å². The van der Waals surface area contributed by atoms with E-state index in [9.17, 15) is 18.0 Å². The van der Waals surface area contributed by atoms with Crippen molar-refractivity contribution in [2.75, 3.05) is 7.11 Å². The molecule has 1 heterocycles. The van der Waals surface area contributed by atoms with Gasteiger partial charge >= 0.3 is 5.69 Å². The highest BCUT2D eigenvalue weighted by Gasteiger charge is 2.19. The van der Waals surface area contributed by atoms with Crippen molar-refractivity contribution >= 4 is 10.0 Å². The van der Waals surface area contributed by atoms with E-state index < -0.39 is 31.8 Å². The Morgan fingerprint density at radius 3 is 2.47 bits per heavy atom. The number of rotatable bonds is 5. The topological polar surface area (TPSA) is 124 Å². The van der Waals surface area contributed by atoms with Gasteiger partial charge in [-0.3, -0.25) is 14.3 Å². The van der Waals surface area contributed by atoms with Gasteiger partial charge in [0.05, 0.1) is 5.60 Å². The molecule has 0 aliphatic carbocycles. The molecule has 3 N–H and O–H groups in total. The molecule has 0 fully saturated rings. The number of nitrogens with zero attached hydrogens (tertiary/aromatic N) is 1. The number of methoxy groups -OCH3 is 1.